The number of para-hydroxylation sites is 1. The van der Waals surface area contributed by atoms with Gasteiger partial charge < -0.3 is 4.74 Å². The number of nitro groups is 1. The molecule has 0 fully saturated rings. The minimum atomic E-state index is -0.627. The van der Waals surface area contributed by atoms with Gasteiger partial charge in [0.1, 0.15) is 5.56 Å². The third-order valence-electron chi connectivity index (χ3n) is 4.03. The first-order valence-electron chi connectivity index (χ1n) is 8.12. The predicted molar refractivity (Wildman–Crippen MR) is 98.8 cm³/mol. The fourth-order valence-electron chi connectivity index (χ4n) is 2.58. The molecule has 0 saturated carbocycles. The Kier molecular flexibility index (Phi) is 4.42. The largest absolute Gasteiger partial charge is 0.402 e. The molecule has 1 aliphatic heterocycles. The lowest BCUT2D eigenvalue weighted by Gasteiger charge is -2.18. The van der Waals surface area contributed by atoms with E-state index in [2.05, 4.69) is 25.8 Å². The van der Waals surface area contributed by atoms with Gasteiger partial charge in [0.15, 0.2) is 5.70 Å². The van der Waals surface area contributed by atoms with Crippen molar-refractivity contribution in [2.75, 3.05) is 0 Å². The molecule has 0 aromatic heterocycles. The van der Waals surface area contributed by atoms with Crippen LogP contribution in [0, 0.1) is 10.1 Å². The second-order valence-corrected chi connectivity index (χ2v) is 6.98. The second kappa shape index (κ2) is 6.55. The van der Waals surface area contributed by atoms with Crippen LogP contribution >= 0.6 is 0 Å². The van der Waals surface area contributed by atoms with Crippen molar-refractivity contribution >= 4 is 23.6 Å². The molecule has 2 aromatic rings. The first-order chi connectivity index (χ1) is 12.3. The zero-order valence-corrected chi connectivity index (χ0v) is 14.7. The third-order valence-corrected chi connectivity index (χ3v) is 4.03. The maximum Gasteiger partial charge on any atom is 0.363 e. The molecule has 1 aliphatic rings. The van der Waals surface area contributed by atoms with Crippen LogP contribution in [-0.4, -0.2) is 16.8 Å². The molecule has 0 aliphatic carbocycles. The number of nitrogens with zero attached hydrogens (tertiary/aromatic N) is 2. The van der Waals surface area contributed by atoms with Gasteiger partial charge in [0, 0.05) is 6.07 Å². The molecule has 6 heteroatoms. The highest BCUT2D eigenvalue weighted by atomic mass is 16.6. The Morgan fingerprint density at radius 1 is 1.08 bits per heavy atom. The van der Waals surface area contributed by atoms with Gasteiger partial charge in [-0.05, 0) is 28.7 Å². The molecule has 0 N–H and O–H groups in total. The molecule has 0 amide bonds. The first kappa shape index (κ1) is 17.5. The Balaban J connectivity index is 1.94. The zero-order chi connectivity index (χ0) is 18.9. The minimum Gasteiger partial charge on any atom is -0.402 e. The number of carbonyl (C=O) groups is 1. The number of hydrogen-bond donors (Lipinski definition) is 0. The number of esters is 1. The fourth-order valence-corrected chi connectivity index (χ4v) is 2.58. The molecule has 0 atom stereocenters. The summed E-state index contributed by atoms with van der Waals surface area (Å²) in [5.74, 6) is -0.682. The van der Waals surface area contributed by atoms with Crippen molar-refractivity contribution in [3.63, 3.8) is 0 Å². The lowest BCUT2D eigenvalue weighted by atomic mass is 9.87. The molecule has 0 radical (unpaired) electrons. The topological polar surface area (TPSA) is 81.8 Å². The Hall–Kier alpha value is -3.28. The van der Waals surface area contributed by atoms with Gasteiger partial charge in [-0.3, -0.25) is 10.1 Å². The summed E-state index contributed by atoms with van der Waals surface area (Å²) >= 11 is 0. The van der Waals surface area contributed by atoms with E-state index in [1.807, 2.05) is 24.3 Å². The number of rotatable bonds is 3. The molecule has 0 bridgehead atoms. The summed E-state index contributed by atoms with van der Waals surface area (Å²) in [7, 11) is 0. The summed E-state index contributed by atoms with van der Waals surface area (Å²) in [5.41, 5.74) is 2.15. The molecule has 2 aromatic carbocycles. The molecule has 3 rings (SSSR count). The molecule has 1 heterocycles. The summed E-state index contributed by atoms with van der Waals surface area (Å²) in [4.78, 5) is 26.9. The second-order valence-electron chi connectivity index (χ2n) is 6.98. The van der Waals surface area contributed by atoms with E-state index in [1.165, 1.54) is 17.7 Å². The smallest absolute Gasteiger partial charge is 0.363 e. The van der Waals surface area contributed by atoms with Crippen molar-refractivity contribution < 1.29 is 14.5 Å². The highest BCUT2D eigenvalue weighted by Crippen LogP contribution is 2.26. The lowest BCUT2D eigenvalue weighted by molar-refractivity contribution is -0.385. The maximum absolute atomic E-state index is 12.1. The standard InChI is InChI=1S/C20H18N2O4/c1-20(2,3)14-10-8-13(9-11-14)12-16-19(23)26-18(21-16)15-6-4-5-7-17(15)22(24)25/h4-12H,1-3H3. The predicted octanol–water partition coefficient (Wildman–Crippen LogP) is 4.24. The summed E-state index contributed by atoms with van der Waals surface area (Å²) < 4.78 is 5.14. The number of benzene rings is 2. The fraction of sp³-hybridized carbons (Fsp3) is 0.200. The Morgan fingerprint density at radius 3 is 2.35 bits per heavy atom. The van der Waals surface area contributed by atoms with E-state index in [1.54, 1.807) is 18.2 Å². The van der Waals surface area contributed by atoms with Crippen LogP contribution in [0.25, 0.3) is 6.08 Å². The summed E-state index contributed by atoms with van der Waals surface area (Å²) in [5, 5.41) is 11.1. The lowest BCUT2D eigenvalue weighted by Crippen LogP contribution is -2.10. The number of carbonyl (C=O) groups excluding carboxylic acids is 1. The molecular weight excluding hydrogens is 332 g/mol. The van der Waals surface area contributed by atoms with E-state index < -0.39 is 10.9 Å². The van der Waals surface area contributed by atoms with Crippen LogP contribution in [0.4, 0.5) is 5.69 Å². The van der Waals surface area contributed by atoms with Crippen LogP contribution in [0.2, 0.25) is 0 Å². The number of cyclic esters (lactones) is 1. The van der Waals surface area contributed by atoms with Crippen molar-refractivity contribution in [1.82, 2.24) is 0 Å². The first-order valence-corrected chi connectivity index (χ1v) is 8.12. The van der Waals surface area contributed by atoms with Crippen molar-refractivity contribution in [2.24, 2.45) is 4.99 Å². The summed E-state index contributed by atoms with van der Waals surface area (Å²) in [6.07, 6.45) is 1.61. The zero-order valence-electron chi connectivity index (χ0n) is 14.7. The molecule has 0 spiro atoms. The molecule has 26 heavy (non-hydrogen) atoms. The van der Waals surface area contributed by atoms with Crippen LogP contribution in [-0.2, 0) is 14.9 Å². The summed E-state index contributed by atoms with van der Waals surface area (Å²) in [6, 6.07) is 13.8. The monoisotopic (exact) mass is 350 g/mol. The molecule has 0 saturated heterocycles. The van der Waals surface area contributed by atoms with Crippen molar-refractivity contribution in [3.8, 4) is 0 Å². The van der Waals surface area contributed by atoms with Crippen LogP contribution in [0.1, 0.15) is 37.5 Å². The third kappa shape index (κ3) is 3.54. The van der Waals surface area contributed by atoms with Crippen molar-refractivity contribution in [1.29, 1.82) is 0 Å². The maximum atomic E-state index is 12.1. The van der Waals surface area contributed by atoms with E-state index in [0.29, 0.717) is 0 Å². The number of aliphatic imine (C=N–C) groups is 1. The van der Waals surface area contributed by atoms with E-state index in [0.717, 1.165) is 5.56 Å². The minimum absolute atomic E-state index is 0.0372. The van der Waals surface area contributed by atoms with Crippen LogP contribution < -0.4 is 0 Å². The Morgan fingerprint density at radius 2 is 1.73 bits per heavy atom. The van der Waals surface area contributed by atoms with Gasteiger partial charge in [-0.1, -0.05) is 57.2 Å². The van der Waals surface area contributed by atoms with E-state index >= 15 is 0 Å². The molecule has 0 unspecified atom stereocenters. The number of nitro benzene ring substituents is 1. The number of hydrogen-bond acceptors (Lipinski definition) is 5. The Labute approximate surface area is 151 Å². The van der Waals surface area contributed by atoms with E-state index in [9.17, 15) is 14.9 Å². The number of ether oxygens (including phenoxy) is 1. The normalized spacial score (nSPS) is 15.7. The van der Waals surface area contributed by atoms with Gasteiger partial charge in [-0.25, -0.2) is 9.79 Å². The van der Waals surface area contributed by atoms with Gasteiger partial charge in [0.05, 0.1) is 4.92 Å². The van der Waals surface area contributed by atoms with Gasteiger partial charge >= 0.3 is 5.97 Å². The molecule has 132 valence electrons. The Bertz CT molecular complexity index is 935. The average Bonchev–Trinajstić information content (AvgIpc) is 2.95. The van der Waals surface area contributed by atoms with Gasteiger partial charge in [-0.15, -0.1) is 0 Å². The van der Waals surface area contributed by atoms with Gasteiger partial charge in [0.25, 0.3) is 5.69 Å². The van der Waals surface area contributed by atoms with Crippen LogP contribution in [0.3, 0.4) is 0 Å². The average molecular weight is 350 g/mol. The van der Waals surface area contributed by atoms with Crippen LogP contribution in [0.5, 0.6) is 0 Å². The SMILES string of the molecule is CC(C)(C)c1ccc(C=C2N=C(c3ccccc3[N+](=O)[O-])OC2=O)cc1. The van der Waals surface area contributed by atoms with E-state index in [-0.39, 0.29) is 28.3 Å². The summed E-state index contributed by atoms with van der Waals surface area (Å²) in [6.45, 7) is 6.37. The molecule has 6 nitrogen and oxygen atoms in total. The van der Waals surface area contributed by atoms with Crippen molar-refractivity contribution in [3.05, 3.63) is 81.0 Å². The highest BCUT2D eigenvalue weighted by Gasteiger charge is 2.28. The molecular formula is C20H18N2O4. The quantitative estimate of drug-likeness (QED) is 0.359. The van der Waals surface area contributed by atoms with Crippen LogP contribution in [0.15, 0.2) is 59.2 Å². The van der Waals surface area contributed by atoms with Crippen molar-refractivity contribution in [2.45, 2.75) is 26.2 Å². The van der Waals surface area contributed by atoms with Gasteiger partial charge in [0.2, 0.25) is 5.90 Å². The highest BCUT2D eigenvalue weighted by molar-refractivity contribution is 6.14. The van der Waals surface area contributed by atoms with Gasteiger partial charge in [-0.2, -0.15) is 0 Å². The van der Waals surface area contributed by atoms with E-state index in [4.69, 9.17) is 4.74 Å².